The van der Waals surface area contributed by atoms with Gasteiger partial charge in [-0.3, -0.25) is 13.8 Å². The SMILES string of the molecule is CCCCCCCC/C=C/C(O)C(COP(=O)(O)OC1C(O)C(O)C(O)C(O)C1O)NC(=O)CC(O)CCCCCCC/C=C\CCCCCCCCCCCCCC. The van der Waals surface area contributed by atoms with Crippen LogP contribution in [0.15, 0.2) is 24.3 Å². The van der Waals surface area contributed by atoms with Crippen molar-refractivity contribution in [2.24, 2.45) is 0 Å². The maximum atomic E-state index is 12.9. The van der Waals surface area contributed by atoms with Crippen LogP contribution in [0.25, 0.3) is 0 Å². The van der Waals surface area contributed by atoms with Crippen molar-refractivity contribution in [3.05, 3.63) is 24.3 Å². The van der Waals surface area contributed by atoms with Crippen molar-refractivity contribution in [3.63, 3.8) is 0 Å². The Morgan fingerprint density at radius 2 is 0.983 bits per heavy atom. The highest BCUT2D eigenvalue weighted by atomic mass is 31.2. The van der Waals surface area contributed by atoms with Gasteiger partial charge in [0, 0.05) is 0 Å². The summed E-state index contributed by atoms with van der Waals surface area (Å²) in [6.45, 7) is 3.68. The summed E-state index contributed by atoms with van der Waals surface area (Å²) in [6.07, 6.45) is 24.5. The van der Waals surface area contributed by atoms with E-state index in [1.807, 2.05) is 0 Å². The third kappa shape index (κ3) is 27.5. The second-order valence-electron chi connectivity index (χ2n) is 16.8. The van der Waals surface area contributed by atoms with Gasteiger partial charge in [0.05, 0.1) is 31.3 Å². The lowest BCUT2D eigenvalue weighted by Crippen LogP contribution is -2.64. The summed E-state index contributed by atoms with van der Waals surface area (Å²) in [7, 11) is -5.13. The monoisotopic (exact) mass is 864 g/mol. The molecule has 348 valence electrons. The van der Waals surface area contributed by atoms with Crippen LogP contribution in [0.5, 0.6) is 0 Å². The maximum Gasteiger partial charge on any atom is 0.472 e. The van der Waals surface area contributed by atoms with Gasteiger partial charge in [0.15, 0.2) is 0 Å². The molecule has 0 aromatic heterocycles. The lowest BCUT2D eigenvalue weighted by Gasteiger charge is -2.41. The maximum absolute atomic E-state index is 12.9. The summed E-state index contributed by atoms with van der Waals surface area (Å²) in [5.41, 5.74) is 0. The minimum absolute atomic E-state index is 0.249. The van der Waals surface area contributed by atoms with E-state index in [2.05, 4.69) is 31.3 Å². The van der Waals surface area contributed by atoms with Crippen LogP contribution < -0.4 is 5.32 Å². The quantitative estimate of drug-likeness (QED) is 0.0166. The van der Waals surface area contributed by atoms with Gasteiger partial charge in [-0.2, -0.15) is 0 Å². The predicted molar refractivity (Wildman–Crippen MR) is 234 cm³/mol. The number of aliphatic hydroxyl groups is 7. The number of phosphoric acid groups is 1. The molecule has 1 aliphatic carbocycles. The number of carbonyl (C=O) groups excluding carboxylic acids is 1. The van der Waals surface area contributed by atoms with Crippen LogP contribution in [0, 0.1) is 0 Å². The van der Waals surface area contributed by atoms with Gasteiger partial charge in [0.1, 0.15) is 36.6 Å². The Kier molecular flexibility index (Phi) is 33.3. The van der Waals surface area contributed by atoms with Gasteiger partial charge in [0.25, 0.3) is 0 Å². The van der Waals surface area contributed by atoms with Gasteiger partial charge in [0.2, 0.25) is 5.91 Å². The molecule has 0 spiro atoms. The third-order valence-electron chi connectivity index (χ3n) is 11.3. The van der Waals surface area contributed by atoms with Gasteiger partial charge in [-0.25, -0.2) is 4.57 Å². The van der Waals surface area contributed by atoms with Crippen molar-refractivity contribution in [2.75, 3.05) is 6.61 Å². The molecule has 1 fully saturated rings. The number of nitrogens with one attached hydrogen (secondary N) is 1. The molecule has 0 aliphatic heterocycles. The van der Waals surface area contributed by atoms with Crippen molar-refractivity contribution in [1.29, 1.82) is 0 Å². The fraction of sp³-hybridized carbons (Fsp3) is 0.889. The number of unbranched alkanes of at least 4 members (excludes halogenated alkanes) is 23. The zero-order valence-electron chi connectivity index (χ0n) is 36.7. The Hall–Kier alpha value is -1.22. The van der Waals surface area contributed by atoms with Crippen LogP contribution in [-0.4, -0.2) is 108 Å². The molecule has 14 heteroatoms. The number of hydrogen-bond acceptors (Lipinski definition) is 11. The summed E-state index contributed by atoms with van der Waals surface area (Å²) in [5, 5.41) is 74.2. The summed E-state index contributed by atoms with van der Waals surface area (Å²) < 4.78 is 22.8. The summed E-state index contributed by atoms with van der Waals surface area (Å²) in [6, 6.07) is -1.24. The van der Waals surface area contributed by atoms with Crippen LogP contribution >= 0.6 is 7.82 Å². The largest absolute Gasteiger partial charge is 0.472 e. The number of rotatable bonds is 38. The van der Waals surface area contributed by atoms with Crippen molar-refractivity contribution in [2.45, 2.75) is 249 Å². The van der Waals surface area contributed by atoms with Crippen LogP contribution in [-0.2, 0) is 18.4 Å². The van der Waals surface area contributed by atoms with E-state index < -0.39 is 75.2 Å². The molecule has 8 unspecified atom stereocenters. The van der Waals surface area contributed by atoms with E-state index in [-0.39, 0.29) is 6.42 Å². The van der Waals surface area contributed by atoms with Crippen molar-refractivity contribution >= 4 is 13.7 Å². The first-order valence-corrected chi connectivity index (χ1v) is 24.9. The summed E-state index contributed by atoms with van der Waals surface area (Å²) in [4.78, 5) is 23.3. The van der Waals surface area contributed by atoms with Crippen molar-refractivity contribution in [1.82, 2.24) is 5.32 Å². The highest BCUT2D eigenvalue weighted by molar-refractivity contribution is 7.47. The van der Waals surface area contributed by atoms with Crippen LogP contribution in [0.3, 0.4) is 0 Å². The Labute approximate surface area is 356 Å². The fourth-order valence-electron chi connectivity index (χ4n) is 7.41. The normalized spacial score (nSPS) is 23.8. The Balaban J connectivity index is 2.41. The molecule has 1 saturated carbocycles. The molecular formula is C45H86NO12P. The first kappa shape index (κ1) is 55.8. The van der Waals surface area contributed by atoms with E-state index in [0.29, 0.717) is 12.8 Å². The number of hydrogen-bond donors (Lipinski definition) is 9. The zero-order chi connectivity index (χ0) is 43.7. The first-order chi connectivity index (χ1) is 28.3. The lowest BCUT2D eigenvalue weighted by atomic mass is 9.85. The second kappa shape index (κ2) is 35.3. The highest BCUT2D eigenvalue weighted by Gasteiger charge is 2.51. The van der Waals surface area contributed by atoms with E-state index >= 15 is 0 Å². The number of carbonyl (C=O) groups is 1. The lowest BCUT2D eigenvalue weighted by molar-refractivity contribution is -0.220. The highest BCUT2D eigenvalue weighted by Crippen LogP contribution is 2.47. The van der Waals surface area contributed by atoms with Gasteiger partial charge in [-0.05, 0) is 44.9 Å². The summed E-state index contributed by atoms with van der Waals surface area (Å²) in [5.74, 6) is -0.600. The molecule has 0 saturated heterocycles. The molecule has 0 aromatic carbocycles. The van der Waals surface area contributed by atoms with Crippen LogP contribution in [0.2, 0.25) is 0 Å². The number of amides is 1. The van der Waals surface area contributed by atoms with E-state index in [1.165, 1.54) is 89.5 Å². The molecule has 0 bridgehead atoms. The average molecular weight is 864 g/mol. The van der Waals surface area contributed by atoms with Gasteiger partial charge >= 0.3 is 7.82 Å². The van der Waals surface area contributed by atoms with Crippen molar-refractivity contribution < 1.29 is 59.0 Å². The second-order valence-corrected chi connectivity index (χ2v) is 18.2. The molecule has 0 aromatic rings. The number of phosphoric ester groups is 1. The van der Waals surface area contributed by atoms with Gasteiger partial charge in [-0.15, -0.1) is 0 Å². The zero-order valence-corrected chi connectivity index (χ0v) is 37.6. The minimum atomic E-state index is -5.13. The topological polar surface area (TPSA) is 226 Å². The molecule has 1 amide bonds. The molecule has 0 heterocycles. The molecule has 1 rings (SSSR count). The molecule has 8 atom stereocenters. The van der Waals surface area contributed by atoms with Gasteiger partial charge < -0.3 is 46.0 Å². The Bertz CT molecular complexity index is 1110. The summed E-state index contributed by atoms with van der Waals surface area (Å²) >= 11 is 0. The van der Waals surface area contributed by atoms with E-state index in [0.717, 1.165) is 77.0 Å². The first-order valence-electron chi connectivity index (χ1n) is 23.4. The fourth-order valence-corrected chi connectivity index (χ4v) is 8.38. The molecule has 0 radical (unpaired) electrons. The minimum Gasteiger partial charge on any atom is -0.393 e. The molecule has 9 N–H and O–H groups in total. The van der Waals surface area contributed by atoms with Crippen molar-refractivity contribution in [3.8, 4) is 0 Å². The third-order valence-corrected chi connectivity index (χ3v) is 12.3. The van der Waals surface area contributed by atoms with Crippen LogP contribution in [0.1, 0.15) is 194 Å². The average Bonchev–Trinajstić information content (AvgIpc) is 3.21. The van der Waals surface area contributed by atoms with Crippen LogP contribution in [0.4, 0.5) is 0 Å². The van der Waals surface area contributed by atoms with Gasteiger partial charge in [-0.1, -0.05) is 167 Å². The molecule has 1 aliphatic rings. The smallest absolute Gasteiger partial charge is 0.393 e. The van der Waals surface area contributed by atoms with E-state index in [4.69, 9.17) is 9.05 Å². The molecule has 59 heavy (non-hydrogen) atoms. The van der Waals surface area contributed by atoms with E-state index in [9.17, 15) is 50.0 Å². The Morgan fingerprint density at radius 3 is 1.44 bits per heavy atom. The Morgan fingerprint density at radius 1 is 0.593 bits per heavy atom. The molecular weight excluding hydrogens is 777 g/mol. The standard InChI is InChI=1S/C45H86NO12P/c1-3-5-7-9-11-13-14-15-16-17-18-19-20-21-22-23-24-25-26-28-30-32-36(47)34-39(49)46-37(38(48)33-31-29-27-12-10-8-6-4-2)35-57-59(55,56)58-45-43(53)41(51)40(50)42(52)44(45)54/h21-22,31,33,36-38,40-45,47-48,50-54H,3-20,23-30,32,34-35H2,1-2H3,(H,46,49)(H,55,56)/b22-21-,33-31+. The molecule has 13 nitrogen and oxygen atoms in total. The number of aliphatic hydroxyl groups excluding tert-OH is 7. The van der Waals surface area contributed by atoms with E-state index in [1.54, 1.807) is 6.08 Å². The predicted octanol–water partition coefficient (Wildman–Crippen LogP) is 7.59. The number of allylic oxidation sites excluding steroid dienone is 3.